The normalized spacial score (nSPS) is 29.5. The molecule has 5 atom stereocenters. The lowest BCUT2D eigenvalue weighted by Crippen LogP contribution is -2.33. The summed E-state index contributed by atoms with van der Waals surface area (Å²) in [5, 5.41) is 11.0. The van der Waals surface area contributed by atoms with Crippen LogP contribution in [0.25, 0.3) is 0 Å². The van der Waals surface area contributed by atoms with Crippen molar-refractivity contribution in [2.75, 3.05) is 4.90 Å². The van der Waals surface area contributed by atoms with E-state index in [2.05, 4.69) is 0 Å². The summed E-state index contributed by atoms with van der Waals surface area (Å²) in [5.41, 5.74) is -1.75. The second-order valence-corrected chi connectivity index (χ2v) is 8.43. The van der Waals surface area contributed by atoms with Gasteiger partial charge in [-0.2, -0.15) is 13.2 Å². The highest BCUT2D eigenvalue weighted by atomic mass is 19.4. The van der Waals surface area contributed by atoms with Crippen LogP contribution in [0.2, 0.25) is 0 Å². The summed E-state index contributed by atoms with van der Waals surface area (Å²) in [6.07, 6.45) is -3.48. The first-order valence-corrected chi connectivity index (χ1v) is 9.97. The molecular formula is C22H17F3N2O4. The average Bonchev–Trinajstić information content (AvgIpc) is 3.39. The number of amides is 2. The molecule has 0 spiro atoms. The van der Waals surface area contributed by atoms with Gasteiger partial charge in [0.1, 0.15) is 5.56 Å². The van der Waals surface area contributed by atoms with Gasteiger partial charge in [-0.25, -0.2) is 0 Å². The first kappa shape index (κ1) is 19.7. The molecule has 2 amide bonds. The molecule has 1 heterocycles. The van der Waals surface area contributed by atoms with E-state index in [4.69, 9.17) is 0 Å². The van der Waals surface area contributed by atoms with Crippen LogP contribution in [-0.2, 0) is 15.8 Å². The van der Waals surface area contributed by atoms with E-state index in [1.807, 2.05) is 30.3 Å². The summed E-state index contributed by atoms with van der Waals surface area (Å²) in [4.78, 5) is 37.0. The lowest BCUT2D eigenvalue weighted by Gasteiger charge is -2.28. The molecule has 3 fully saturated rings. The lowest BCUT2D eigenvalue weighted by molar-refractivity contribution is -0.388. The van der Waals surface area contributed by atoms with Crippen molar-refractivity contribution in [2.45, 2.75) is 24.9 Å². The van der Waals surface area contributed by atoms with Crippen molar-refractivity contribution in [3.05, 3.63) is 69.8 Å². The molecule has 5 rings (SSSR count). The number of hydrogen-bond acceptors (Lipinski definition) is 4. The molecule has 0 radical (unpaired) electrons. The Bertz CT molecular complexity index is 1100. The van der Waals surface area contributed by atoms with Crippen LogP contribution in [0.5, 0.6) is 0 Å². The molecule has 2 aliphatic carbocycles. The Kier molecular flexibility index (Phi) is 4.22. The number of benzene rings is 2. The summed E-state index contributed by atoms with van der Waals surface area (Å²) in [6.45, 7) is 0. The van der Waals surface area contributed by atoms with Crippen molar-refractivity contribution >= 4 is 23.2 Å². The van der Waals surface area contributed by atoms with E-state index in [1.54, 1.807) is 0 Å². The Morgan fingerprint density at radius 3 is 2.29 bits per heavy atom. The summed E-state index contributed by atoms with van der Waals surface area (Å²) in [6, 6.07) is 12.0. The van der Waals surface area contributed by atoms with Crippen LogP contribution in [0.3, 0.4) is 0 Å². The molecular weight excluding hydrogens is 413 g/mol. The van der Waals surface area contributed by atoms with Crippen LogP contribution in [-0.4, -0.2) is 16.7 Å². The average molecular weight is 430 g/mol. The van der Waals surface area contributed by atoms with Crippen LogP contribution in [0.1, 0.15) is 29.9 Å². The number of nitrogens with zero attached hydrogens (tertiary/aromatic N) is 2. The molecule has 2 aromatic rings. The van der Waals surface area contributed by atoms with Crippen molar-refractivity contribution in [1.82, 2.24) is 0 Å². The minimum Gasteiger partial charge on any atom is -0.274 e. The highest BCUT2D eigenvalue weighted by Crippen LogP contribution is 2.62. The number of carbonyl (C=O) groups excluding carboxylic acids is 2. The van der Waals surface area contributed by atoms with Gasteiger partial charge in [-0.3, -0.25) is 24.6 Å². The minimum atomic E-state index is -4.99. The van der Waals surface area contributed by atoms with E-state index < -0.39 is 46.0 Å². The molecule has 1 saturated heterocycles. The predicted molar refractivity (Wildman–Crippen MR) is 103 cm³/mol. The summed E-state index contributed by atoms with van der Waals surface area (Å²) in [5.74, 6) is -2.03. The van der Waals surface area contributed by atoms with E-state index in [-0.39, 0.29) is 23.4 Å². The van der Waals surface area contributed by atoms with Crippen molar-refractivity contribution in [2.24, 2.45) is 23.7 Å². The monoisotopic (exact) mass is 430 g/mol. The number of nitro benzene ring substituents is 1. The van der Waals surface area contributed by atoms with Crippen molar-refractivity contribution < 1.29 is 27.7 Å². The van der Waals surface area contributed by atoms with Gasteiger partial charge in [0, 0.05) is 6.07 Å². The Balaban J connectivity index is 1.51. The fraction of sp³-hybridized carbons (Fsp3) is 0.364. The first-order valence-electron chi connectivity index (χ1n) is 9.97. The van der Waals surface area contributed by atoms with E-state index in [0.717, 1.165) is 29.4 Å². The standard InChI is InChI=1S/C22H17F3N2O4/c23-22(24,25)16-10-13(6-7-17(16)27(30)31)26-20(28)18-12-8-14(11-4-2-1-3-5-11)15(9-12)19(18)21(26)29/h1-7,10,12,14-15,18-19H,8-9H2/t12-,14-,15-,18-,19+/m0/s1. The second kappa shape index (κ2) is 6.63. The number of halogens is 3. The molecule has 2 aromatic carbocycles. The summed E-state index contributed by atoms with van der Waals surface area (Å²) < 4.78 is 40.1. The van der Waals surface area contributed by atoms with Crippen LogP contribution in [0, 0.1) is 33.8 Å². The number of alkyl halides is 3. The predicted octanol–water partition coefficient (Wildman–Crippen LogP) is 4.54. The van der Waals surface area contributed by atoms with Crippen molar-refractivity contribution in [1.29, 1.82) is 0 Å². The van der Waals surface area contributed by atoms with Crippen molar-refractivity contribution in [3.63, 3.8) is 0 Å². The Morgan fingerprint density at radius 2 is 1.65 bits per heavy atom. The van der Waals surface area contributed by atoms with Gasteiger partial charge < -0.3 is 0 Å². The zero-order chi connectivity index (χ0) is 22.1. The zero-order valence-corrected chi connectivity index (χ0v) is 16.1. The highest BCUT2D eigenvalue weighted by Gasteiger charge is 2.64. The molecule has 2 bridgehead atoms. The number of carbonyl (C=O) groups is 2. The number of hydrogen-bond donors (Lipinski definition) is 0. The van der Waals surface area contributed by atoms with Gasteiger partial charge in [0.15, 0.2) is 0 Å². The zero-order valence-electron chi connectivity index (χ0n) is 16.1. The molecule has 2 saturated carbocycles. The highest BCUT2D eigenvalue weighted by molar-refractivity contribution is 6.22. The molecule has 31 heavy (non-hydrogen) atoms. The van der Waals surface area contributed by atoms with Gasteiger partial charge in [-0.15, -0.1) is 0 Å². The van der Waals surface area contributed by atoms with Gasteiger partial charge >= 0.3 is 6.18 Å². The van der Waals surface area contributed by atoms with Gasteiger partial charge in [-0.05, 0) is 48.3 Å². The maximum Gasteiger partial charge on any atom is 0.423 e. The van der Waals surface area contributed by atoms with Crippen LogP contribution in [0.4, 0.5) is 24.5 Å². The van der Waals surface area contributed by atoms with Crippen LogP contribution in [0.15, 0.2) is 48.5 Å². The van der Waals surface area contributed by atoms with E-state index >= 15 is 0 Å². The number of imide groups is 1. The molecule has 0 aromatic heterocycles. The Hall–Kier alpha value is -3.23. The number of rotatable bonds is 3. The molecule has 9 heteroatoms. The topological polar surface area (TPSA) is 80.5 Å². The summed E-state index contributed by atoms with van der Waals surface area (Å²) >= 11 is 0. The van der Waals surface area contributed by atoms with E-state index in [1.165, 1.54) is 0 Å². The fourth-order valence-corrected chi connectivity index (χ4v) is 5.85. The van der Waals surface area contributed by atoms with Gasteiger partial charge in [-0.1, -0.05) is 30.3 Å². The Morgan fingerprint density at radius 1 is 0.968 bits per heavy atom. The van der Waals surface area contributed by atoms with Gasteiger partial charge in [0.05, 0.1) is 22.4 Å². The molecule has 160 valence electrons. The van der Waals surface area contributed by atoms with Crippen LogP contribution < -0.4 is 4.90 Å². The third-order valence-electron chi connectivity index (χ3n) is 6.98. The van der Waals surface area contributed by atoms with E-state index in [0.29, 0.717) is 12.1 Å². The number of fused-ring (bicyclic) bond motifs is 5. The first-order chi connectivity index (χ1) is 14.7. The molecule has 0 N–H and O–H groups in total. The lowest BCUT2D eigenvalue weighted by atomic mass is 9.73. The quantitative estimate of drug-likeness (QED) is 0.407. The summed E-state index contributed by atoms with van der Waals surface area (Å²) in [7, 11) is 0. The van der Waals surface area contributed by atoms with Crippen molar-refractivity contribution in [3.8, 4) is 0 Å². The SMILES string of the molecule is O=C1[C@@H]2[C@H]3C[C@H](C[C@H]3c3ccccc3)[C@@H]2C(=O)N1c1ccc([N+](=O)[O-])c(C(F)(F)F)c1. The number of anilines is 1. The molecule has 0 unspecified atom stereocenters. The smallest absolute Gasteiger partial charge is 0.274 e. The Labute approximate surface area is 174 Å². The minimum absolute atomic E-state index is 0.00166. The largest absolute Gasteiger partial charge is 0.423 e. The molecule has 6 nitrogen and oxygen atoms in total. The molecule has 1 aliphatic heterocycles. The maximum atomic E-state index is 13.4. The fourth-order valence-electron chi connectivity index (χ4n) is 5.85. The second-order valence-electron chi connectivity index (χ2n) is 8.43. The maximum absolute atomic E-state index is 13.4. The number of nitro groups is 1. The van der Waals surface area contributed by atoms with Gasteiger partial charge in [0.2, 0.25) is 11.8 Å². The molecule has 3 aliphatic rings. The van der Waals surface area contributed by atoms with Gasteiger partial charge in [0.25, 0.3) is 5.69 Å². The van der Waals surface area contributed by atoms with E-state index in [9.17, 15) is 32.9 Å². The van der Waals surface area contributed by atoms with Crippen LogP contribution >= 0.6 is 0 Å². The third kappa shape index (κ3) is 2.86. The third-order valence-corrected chi connectivity index (χ3v) is 6.98.